The molecule has 1 fully saturated rings. The zero-order valence-electron chi connectivity index (χ0n) is 14.3. The van der Waals surface area contributed by atoms with Gasteiger partial charge in [-0.25, -0.2) is 0 Å². The molecule has 1 amide bonds. The lowest BCUT2D eigenvalue weighted by Gasteiger charge is -2.36. The maximum Gasteiger partial charge on any atom is 0.258 e. The predicted octanol–water partition coefficient (Wildman–Crippen LogP) is 2.46. The second kappa shape index (κ2) is 5.85. The van der Waals surface area contributed by atoms with Gasteiger partial charge in [-0.05, 0) is 33.8 Å². The molecule has 1 aliphatic rings. The summed E-state index contributed by atoms with van der Waals surface area (Å²) in [5.74, 6) is 1.41. The van der Waals surface area contributed by atoms with Crippen LogP contribution in [0.25, 0.3) is 0 Å². The fraction of sp³-hybridized carbons (Fsp3) is 0.529. The van der Waals surface area contributed by atoms with E-state index in [2.05, 4.69) is 5.10 Å². The summed E-state index contributed by atoms with van der Waals surface area (Å²) in [6, 6.07) is 1.70. The Morgan fingerprint density at radius 3 is 2.61 bits per heavy atom. The van der Waals surface area contributed by atoms with Gasteiger partial charge in [-0.15, -0.1) is 0 Å². The van der Waals surface area contributed by atoms with Gasteiger partial charge >= 0.3 is 0 Å². The van der Waals surface area contributed by atoms with E-state index in [-0.39, 0.29) is 11.9 Å². The van der Waals surface area contributed by atoms with Crippen molar-refractivity contribution in [2.75, 3.05) is 19.8 Å². The van der Waals surface area contributed by atoms with Gasteiger partial charge < -0.3 is 14.1 Å². The highest BCUT2D eigenvalue weighted by molar-refractivity contribution is 5.95. The Balaban J connectivity index is 1.99. The number of rotatable bonds is 2. The first-order valence-corrected chi connectivity index (χ1v) is 7.86. The molecule has 3 rings (SSSR count). The molecule has 1 aliphatic heterocycles. The second-order valence-electron chi connectivity index (χ2n) is 6.12. The van der Waals surface area contributed by atoms with Crippen molar-refractivity contribution in [3.63, 3.8) is 0 Å². The Labute approximate surface area is 136 Å². The van der Waals surface area contributed by atoms with Crippen molar-refractivity contribution in [1.29, 1.82) is 0 Å². The predicted molar refractivity (Wildman–Crippen MR) is 85.5 cm³/mol. The third-order valence-corrected chi connectivity index (χ3v) is 4.56. The molecular formula is C17H23N3O3. The molecule has 124 valence electrons. The lowest BCUT2D eigenvalue weighted by atomic mass is 10.0. The molecule has 0 saturated carbocycles. The lowest BCUT2D eigenvalue weighted by Crippen LogP contribution is -2.43. The van der Waals surface area contributed by atoms with Crippen molar-refractivity contribution in [2.45, 2.75) is 33.7 Å². The first-order chi connectivity index (χ1) is 10.9. The normalized spacial score (nSPS) is 18.5. The maximum atomic E-state index is 13.0. The Hall–Kier alpha value is -2.08. The van der Waals surface area contributed by atoms with E-state index in [1.54, 1.807) is 0 Å². The van der Waals surface area contributed by atoms with Crippen LogP contribution < -0.4 is 0 Å². The van der Waals surface area contributed by atoms with E-state index in [4.69, 9.17) is 9.15 Å². The van der Waals surface area contributed by atoms with Crippen molar-refractivity contribution >= 4 is 5.91 Å². The average molecular weight is 317 g/mol. The number of hydrogen-bond acceptors (Lipinski definition) is 4. The van der Waals surface area contributed by atoms with Gasteiger partial charge in [0, 0.05) is 24.8 Å². The number of furan rings is 1. The number of nitrogens with zero attached hydrogens (tertiary/aromatic N) is 3. The first kappa shape index (κ1) is 15.8. The van der Waals surface area contributed by atoms with E-state index >= 15 is 0 Å². The van der Waals surface area contributed by atoms with Crippen LogP contribution >= 0.6 is 0 Å². The monoisotopic (exact) mass is 317 g/mol. The Bertz CT molecular complexity index is 745. The Morgan fingerprint density at radius 1 is 1.30 bits per heavy atom. The molecule has 0 radical (unpaired) electrons. The number of amides is 1. The van der Waals surface area contributed by atoms with Crippen LogP contribution in [0.2, 0.25) is 0 Å². The van der Waals surface area contributed by atoms with E-state index in [0.29, 0.717) is 31.1 Å². The van der Waals surface area contributed by atoms with Gasteiger partial charge in [-0.1, -0.05) is 0 Å². The molecular weight excluding hydrogens is 294 g/mol. The zero-order valence-corrected chi connectivity index (χ0v) is 14.3. The topological polar surface area (TPSA) is 60.5 Å². The summed E-state index contributed by atoms with van der Waals surface area (Å²) in [7, 11) is 1.92. The van der Waals surface area contributed by atoms with Crippen molar-refractivity contribution in [2.24, 2.45) is 7.05 Å². The summed E-state index contributed by atoms with van der Waals surface area (Å²) in [6.07, 6.45) is 0. The summed E-state index contributed by atoms with van der Waals surface area (Å²) in [5, 5.41) is 4.48. The number of morpholine rings is 1. The molecule has 2 aromatic rings. The standard InChI is InChI=1S/C17H23N3O3/c1-10-8-14(13(4)23-10)17(21)20-6-7-22-9-15(20)16-11(2)18-19(5)12(16)3/h8,15H,6-7,9H2,1-5H3. The molecule has 23 heavy (non-hydrogen) atoms. The molecule has 0 aliphatic carbocycles. The van der Waals surface area contributed by atoms with E-state index < -0.39 is 0 Å². The maximum absolute atomic E-state index is 13.0. The van der Waals surface area contributed by atoms with Crippen molar-refractivity contribution in [1.82, 2.24) is 14.7 Å². The van der Waals surface area contributed by atoms with Gasteiger partial charge in [0.1, 0.15) is 11.5 Å². The van der Waals surface area contributed by atoms with Crippen LogP contribution in [-0.2, 0) is 11.8 Å². The van der Waals surface area contributed by atoms with Crippen molar-refractivity contribution in [3.8, 4) is 0 Å². The summed E-state index contributed by atoms with van der Waals surface area (Å²) in [4.78, 5) is 14.9. The summed E-state index contributed by atoms with van der Waals surface area (Å²) in [6.45, 7) is 9.31. The van der Waals surface area contributed by atoms with Crippen LogP contribution in [-0.4, -0.2) is 40.3 Å². The number of aromatic nitrogens is 2. The van der Waals surface area contributed by atoms with Crippen LogP contribution in [0.1, 0.15) is 44.9 Å². The van der Waals surface area contributed by atoms with Crippen LogP contribution in [0.3, 0.4) is 0 Å². The third kappa shape index (κ3) is 2.67. The highest BCUT2D eigenvalue weighted by Gasteiger charge is 2.34. The molecule has 2 aromatic heterocycles. The van der Waals surface area contributed by atoms with Gasteiger partial charge in [0.05, 0.1) is 30.5 Å². The lowest BCUT2D eigenvalue weighted by molar-refractivity contribution is -0.00313. The number of aryl methyl sites for hydroxylation is 4. The SMILES string of the molecule is Cc1cc(C(=O)N2CCOCC2c2c(C)nn(C)c2C)c(C)o1. The average Bonchev–Trinajstić information content (AvgIpc) is 2.97. The van der Waals surface area contributed by atoms with Crippen LogP contribution in [0.15, 0.2) is 10.5 Å². The highest BCUT2D eigenvalue weighted by Crippen LogP contribution is 2.31. The van der Waals surface area contributed by atoms with Crippen molar-refractivity contribution < 1.29 is 13.9 Å². The number of carbonyl (C=O) groups excluding carboxylic acids is 1. The van der Waals surface area contributed by atoms with Gasteiger partial charge in [-0.3, -0.25) is 9.48 Å². The Kier molecular flexibility index (Phi) is 4.02. The number of carbonyl (C=O) groups is 1. The van der Waals surface area contributed by atoms with E-state index in [9.17, 15) is 4.79 Å². The van der Waals surface area contributed by atoms with Gasteiger partial charge in [0.2, 0.25) is 0 Å². The molecule has 0 bridgehead atoms. The summed E-state index contributed by atoms with van der Waals surface area (Å²) in [5.41, 5.74) is 3.72. The first-order valence-electron chi connectivity index (χ1n) is 7.86. The summed E-state index contributed by atoms with van der Waals surface area (Å²) >= 11 is 0. The number of ether oxygens (including phenoxy) is 1. The molecule has 0 N–H and O–H groups in total. The minimum absolute atomic E-state index is 0.00435. The quantitative estimate of drug-likeness (QED) is 0.853. The molecule has 6 heteroatoms. The molecule has 3 heterocycles. The molecule has 1 saturated heterocycles. The largest absolute Gasteiger partial charge is 0.466 e. The zero-order chi connectivity index (χ0) is 16.7. The number of hydrogen-bond donors (Lipinski definition) is 0. The smallest absolute Gasteiger partial charge is 0.258 e. The van der Waals surface area contributed by atoms with Crippen LogP contribution in [0.5, 0.6) is 0 Å². The summed E-state index contributed by atoms with van der Waals surface area (Å²) < 4.78 is 13.0. The van der Waals surface area contributed by atoms with Gasteiger partial charge in [-0.2, -0.15) is 5.10 Å². The molecule has 0 spiro atoms. The Morgan fingerprint density at radius 2 is 2.04 bits per heavy atom. The second-order valence-corrected chi connectivity index (χ2v) is 6.12. The van der Waals surface area contributed by atoms with Crippen LogP contribution in [0.4, 0.5) is 0 Å². The van der Waals surface area contributed by atoms with E-state index in [1.807, 2.05) is 50.4 Å². The third-order valence-electron chi connectivity index (χ3n) is 4.56. The minimum atomic E-state index is -0.112. The minimum Gasteiger partial charge on any atom is -0.466 e. The van der Waals surface area contributed by atoms with E-state index in [0.717, 1.165) is 22.7 Å². The highest BCUT2D eigenvalue weighted by atomic mass is 16.5. The van der Waals surface area contributed by atoms with Crippen LogP contribution in [0, 0.1) is 27.7 Å². The van der Waals surface area contributed by atoms with Crippen molar-refractivity contribution in [3.05, 3.63) is 40.1 Å². The van der Waals surface area contributed by atoms with Gasteiger partial charge in [0.15, 0.2) is 0 Å². The fourth-order valence-electron chi connectivity index (χ4n) is 3.36. The molecule has 0 aromatic carbocycles. The fourth-order valence-corrected chi connectivity index (χ4v) is 3.36. The molecule has 1 atom stereocenters. The van der Waals surface area contributed by atoms with E-state index in [1.165, 1.54) is 0 Å². The molecule has 1 unspecified atom stereocenters. The van der Waals surface area contributed by atoms with Gasteiger partial charge in [0.25, 0.3) is 5.91 Å². The molecule has 6 nitrogen and oxygen atoms in total.